The van der Waals surface area contributed by atoms with Gasteiger partial charge in [0, 0.05) is 11.5 Å². The number of hydrogen-bond acceptors (Lipinski definition) is 2. The summed E-state index contributed by atoms with van der Waals surface area (Å²) in [6, 6.07) is 9.57. The van der Waals surface area contributed by atoms with Crippen molar-refractivity contribution in [1.82, 2.24) is 5.32 Å². The minimum absolute atomic E-state index is 0.163. The molecule has 0 radical (unpaired) electrons. The molecule has 0 saturated carbocycles. The van der Waals surface area contributed by atoms with E-state index >= 15 is 0 Å². The van der Waals surface area contributed by atoms with E-state index in [4.69, 9.17) is 5.53 Å². The summed E-state index contributed by atoms with van der Waals surface area (Å²) in [5.41, 5.74) is 10.4. The number of azide groups is 1. The first-order chi connectivity index (χ1) is 8.69. The number of carbonyl (C=O) groups excluding carboxylic acids is 1. The van der Waals surface area contributed by atoms with E-state index in [0.29, 0.717) is 13.0 Å². The lowest BCUT2D eigenvalue weighted by atomic mass is 10.1. The Morgan fingerprint density at radius 1 is 1.39 bits per heavy atom. The number of amides is 1. The topological polar surface area (TPSA) is 77.9 Å². The maximum absolute atomic E-state index is 11.9. The molecule has 0 unspecified atom stereocenters. The standard InChI is InChI=1S/C13H16N4O/c1-3-10(2)12(16-17-14)13(18)15-9-11-7-5-4-6-8-11/h4-8H,3,9H2,1-2H3,(H,15,18)/b12-10+. The Balaban J connectivity index is 2.72. The summed E-state index contributed by atoms with van der Waals surface area (Å²) >= 11 is 0. The van der Waals surface area contributed by atoms with Crippen molar-refractivity contribution in [2.45, 2.75) is 26.8 Å². The molecule has 0 saturated heterocycles. The molecule has 5 heteroatoms. The van der Waals surface area contributed by atoms with Crippen molar-refractivity contribution >= 4 is 5.91 Å². The van der Waals surface area contributed by atoms with Crippen molar-refractivity contribution in [3.63, 3.8) is 0 Å². The van der Waals surface area contributed by atoms with Gasteiger partial charge in [-0.1, -0.05) is 47.9 Å². The second kappa shape index (κ2) is 7.14. The second-order valence-corrected chi connectivity index (χ2v) is 3.84. The van der Waals surface area contributed by atoms with E-state index in [1.165, 1.54) is 0 Å². The van der Waals surface area contributed by atoms with Gasteiger partial charge in [-0.25, -0.2) is 0 Å². The fraction of sp³-hybridized carbons (Fsp3) is 0.308. The lowest BCUT2D eigenvalue weighted by Crippen LogP contribution is -2.24. The maximum atomic E-state index is 11.9. The van der Waals surface area contributed by atoms with Crippen LogP contribution in [-0.2, 0) is 11.3 Å². The molecule has 1 amide bonds. The molecule has 1 rings (SSSR count). The molecule has 0 aliphatic heterocycles. The molecule has 5 nitrogen and oxygen atoms in total. The molecule has 1 aromatic rings. The summed E-state index contributed by atoms with van der Waals surface area (Å²) in [5.74, 6) is -0.337. The minimum atomic E-state index is -0.337. The summed E-state index contributed by atoms with van der Waals surface area (Å²) in [5, 5.41) is 6.19. The van der Waals surface area contributed by atoms with Gasteiger partial charge in [0.1, 0.15) is 5.70 Å². The molecule has 0 atom stereocenters. The van der Waals surface area contributed by atoms with Gasteiger partial charge in [-0.05, 0) is 24.4 Å². The van der Waals surface area contributed by atoms with Crippen LogP contribution in [0.2, 0.25) is 0 Å². The number of nitrogens with one attached hydrogen (secondary N) is 1. The van der Waals surface area contributed by atoms with Gasteiger partial charge in [0.15, 0.2) is 0 Å². The van der Waals surface area contributed by atoms with Crippen molar-refractivity contribution in [2.75, 3.05) is 0 Å². The van der Waals surface area contributed by atoms with Crippen LogP contribution in [0.25, 0.3) is 10.4 Å². The van der Waals surface area contributed by atoms with Gasteiger partial charge in [0.05, 0.1) is 0 Å². The van der Waals surface area contributed by atoms with Crippen LogP contribution in [0.4, 0.5) is 0 Å². The Morgan fingerprint density at radius 3 is 2.61 bits per heavy atom. The van der Waals surface area contributed by atoms with E-state index in [9.17, 15) is 4.79 Å². The largest absolute Gasteiger partial charge is 0.348 e. The third kappa shape index (κ3) is 3.96. The number of nitrogens with zero attached hydrogens (tertiary/aromatic N) is 3. The van der Waals surface area contributed by atoms with Crippen molar-refractivity contribution < 1.29 is 4.79 Å². The molecule has 0 heterocycles. The molecule has 1 N–H and O–H groups in total. The molecule has 0 spiro atoms. The molecular formula is C13H16N4O. The van der Waals surface area contributed by atoms with Gasteiger partial charge in [0.25, 0.3) is 5.91 Å². The van der Waals surface area contributed by atoms with Gasteiger partial charge in [0.2, 0.25) is 0 Å². The van der Waals surface area contributed by atoms with Crippen molar-refractivity contribution in [3.8, 4) is 0 Å². The predicted octanol–water partition coefficient (Wildman–Crippen LogP) is 3.30. The molecule has 0 bridgehead atoms. The lowest BCUT2D eigenvalue weighted by molar-refractivity contribution is -0.117. The first kappa shape index (κ1) is 13.8. The normalized spacial score (nSPS) is 11.2. The molecule has 1 aromatic carbocycles. The lowest BCUT2D eigenvalue weighted by Gasteiger charge is -2.07. The van der Waals surface area contributed by atoms with Crippen LogP contribution in [0.1, 0.15) is 25.8 Å². The summed E-state index contributed by atoms with van der Waals surface area (Å²) in [4.78, 5) is 14.6. The number of benzene rings is 1. The van der Waals surface area contributed by atoms with Gasteiger partial charge in [-0.2, -0.15) is 0 Å². The summed E-state index contributed by atoms with van der Waals surface area (Å²) < 4.78 is 0. The average Bonchev–Trinajstić information content (AvgIpc) is 2.42. The number of allylic oxidation sites excluding steroid dienone is 1. The third-order valence-electron chi connectivity index (χ3n) is 2.59. The molecule has 0 fully saturated rings. The van der Waals surface area contributed by atoms with E-state index < -0.39 is 0 Å². The monoisotopic (exact) mass is 244 g/mol. The molecule has 18 heavy (non-hydrogen) atoms. The highest BCUT2D eigenvalue weighted by Crippen LogP contribution is 2.10. The van der Waals surface area contributed by atoms with Crippen molar-refractivity contribution in [1.29, 1.82) is 0 Å². The highest BCUT2D eigenvalue weighted by atomic mass is 16.2. The van der Waals surface area contributed by atoms with Crippen LogP contribution < -0.4 is 5.32 Å². The van der Waals surface area contributed by atoms with Gasteiger partial charge >= 0.3 is 0 Å². The minimum Gasteiger partial charge on any atom is -0.348 e. The Bertz CT molecular complexity index is 487. The number of carbonyl (C=O) groups is 1. The summed E-state index contributed by atoms with van der Waals surface area (Å²) in [7, 11) is 0. The van der Waals surface area contributed by atoms with Crippen LogP contribution in [0.5, 0.6) is 0 Å². The Hall–Kier alpha value is -2.26. The van der Waals surface area contributed by atoms with E-state index in [2.05, 4.69) is 15.3 Å². The van der Waals surface area contributed by atoms with E-state index in [1.54, 1.807) is 6.92 Å². The Morgan fingerprint density at radius 2 is 2.06 bits per heavy atom. The molecule has 94 valence electrons. The van der Waals surface area contributed by atoms with E-state index in [1.807, 2.05) is 37.3 Å². The average molecular weight is 244 g/mol. The Kier molecular flexibility index (Phi) is 5.48. The number of rotatable bonds is 5. The highest BCUT2D eigenvalue weighted by Gasteiger charge is 2.09. The van der Waals surface area contributed by atoms with Gasteiger partial charge in [-0.3, -0.25) is 4.79 Å². The van der Waals surface area contributed by atoms with Crippen LogP contribution in [-0.4, -0.2) is 5.91 Å². The van der Waals surface area contributed by atoms with Crippen LogP contribution in [0.15, 0.2) is 46.7 Å². The van der Waals surface area contributed by atoms with E-state index in [0.717, 1.165) is 11.1 Å². The quantitative estimate of drug-likeness (QED) is 0.367. The number of hydrogen-bond donors (Lipinski definition) is 1. The molecule has 0 aliphatic rings. The smallest absolute Gasteiger partial charge is 0.253 e. The fourth-order valence-electron chi connectivity index (χ4n) is 1.40. The van der Waals surface area contributed by atoms with Crippen LogP contribution >= 0.6 is 0 Å². The summed E-state index contributed by atoms with van der Waals surface area (Å²) in [6.45, 7) is 4.11. The maximum Gasteiger partial charge on any atom is 0.253 e. The van der Waals surface area contributed by atoms with Gasteiger partial charge < -0.3 is 5.32 Å². The second-order valence-electron chi connectivity index (χ2n) is 3.84. The fourth-order valence-corrected chi connectivity index (χ4v) is 1.40. The third-order valence-corrected chi connectivity index (χ3v) is 2.59. The van der Waals surface area contributed by atoms with Crippen LogP contribution in [0.3, 0.4) is 0 Å². The zero-order chi connectivity index (χ0) is 13.4. The SMILES string of the molecule is CC/C(C)=C(/N=[N+]=[N-])C(=O)NCc1ccccc1. The van der Waals surface area contributed by atoms with Crippen molar-refractivity contribution in [3.05, 3.63) is 57.6 Å². The zero-order valence-electron chi connectivity index (χ0n) is 10.6. The molecule has 0 aromatic heterocycles. The first-order valence-electron chi connectivity index (χ1n) is 5.76. The Labute approximate surface area is 106 Å². The van der Waals surface area contributed by atoms with Crippen molar-refractivity contribution in [2.24, 2.45) is 5.11 Å². The predicted molar refractivity (Wildman–Crippen MR) is 70.4 cm³/mol. The molecular weight excluding hydrogens is 228 g/mol. The van der Waals surface area contributed by atoms with Crippen LogP contribution in [0, 0.1) is 0 Å². The first-order valence-corrected chi connectivity index (χ1v) is 5.76. The van der Waals surface area contributed by atoms with E-state index in [-0.39, 0.29) is 11.6 Å². The zero-order valence-corrected chi connectivity index (χ0v) is 10.6. The van der Waals surface area contributed by atoms with Gasteiger partial charge in [-0.15, -0.1) is 0 Å². The summed E-state index contributed by atoms with van der Waals surface area (Å²) in [6.07, 6.45) is 0.674. The molecule has 0 aliphatic carbocycles. The highest BCUT2D eigenvalue weighted by molar-refractivity contribution is 5.93.